The highest BCUT2D eigenvalue weighted by atomic mass is 16.7. The van der Waals surface area contributed by atoms with Crippen molar-refractivity contribution < 1.29 is 10.1 Å². The molecule has 0 aliphatic carbocycles. The van der Waals surface area contributed by atoms with E-state index >= 15 is 0 Å². The molecule has 0 unspecified atom stereocenters. The van der Waals surface area contributed by atoms with Crippen molar-refractivity contribution in [1.82, 2.24) is 10.0 Å². The summed E-state index contributed by atoms with van der Waals surface area (Å²) < 4.78 is 0. The molecule has 8 nitrogen and oxygen atoms in total. The minimum absolute atomic E-state index is 0.347. The summed E-state index contributed by atoms with van der Waals surface area (Å²) in [5.74, 6) is 0. The van der Waals surface area contributed by atoms with Crippen LogP contribution >= 0.6 is 0 Å². The Balaban J connectivity index is 3.84. The van der Waals surface area contributed by atoms with Crippen molar-refractivity contribution in [2.45, 2.75) is 0 Å². The molecule has 0 fully saturated rings. The fourth-order valence-corrected chi connectivity index (χ4v) is 0.399. The molecule has 0 aromatic heterocycles. The maximum Gasteiger partial charge on any atom is 0.207 e. The summed E-state index contributed by atoms with van der Waals surface area (Å²) in [7, 11) is 2.31. The van der Waals surface area contributed by atoms with E-state index in [1.807, 2.05) is 0 Å². The summed E-state index contributed by atoms with van der Waals surface area (Å²) in [6.45, 7) is -0.347. The lowest BCUT2D eigenvalue weighted by molar-refractivity contribution is -0.704. The third-order valence-electron chi connectivity index (χ3n) is 0.967. The average Bonchev–Trinajstić information content (AvgIpc) is 1.87. The van der Waals surface area contributed by atoms with E-state index in [1.165, 1.54) is 0 Å². The Labute approximate surface area is 62.2 Å². The molecule has 0 spiro atoms. The third-order valence-corrected chi connectivity index (χ3v) is 0.967. The first-order chi connectivity index (χ1) is 4.95. The quantitative estimate of drug-likeness (QED) is 0.306. The van der Waals surface area contributed by atoms with E-state index in [-0.39, 0.29) is 6.67 Å². The summed E-state index contributed by atoms with van der Waals surface area (Å²) >= 11 is 0. The molecule has 0 saturated heterocycles. The van der Waals surface area contributed by atoms with Gasteiger partial charge in [0.1, 0.15) is 0 Å². The molecule has 0 radical (unpaired) electrons. The van der Waals surface area contributed by atoms with Crippen molar-refractivity contribution in [3.8, 4) is 0 Å². The topological polar surface area (TPSA) is 92.8 Å². The molecule has 0 aliphatic heterocycles. The molecule has 0 saturated carbocycles. The first-order valence-electron chi connectivity index (χ1n) is 2.66. The highest BCUT2D eigenvalue weighted by Crippen LogP contribution is 1.87. The lowest BCUT2D eigenvalue weighted by Crippen LogP contribution is -2.39. The molecule has 11 heavy (non-hydrogen) atoms. The van der Waals surface area contributed by atoms with Gasteiger partial charge in [-0.2, -0.15) is 0 Å². The lowest BCUT2D eigenvalue weighted by atomic mass is 10.9. The van der Waals surface area contributed by atoms with Crippen LogP contribution in [0.1, 0.15) is 0 Å². The summed E-state index contributed by atoms with van der Waals surface area (Å²) in [5.41, 5.74) is 0. The van der Waals surface area contributed by atoms with Gasteiger partial charge in [0.05, 0.1) is 14.1 Å². The lowest BCUT2D eigenvalue weighted by Gasteiger charge is -2.11. The van der Waals surface area contributed by atoms with Crippen LogP contribution in [0.5, 0.6) is 0 Å². The van der Waals surface area contributed by atoms with E-state index in [0.717, 1.165) is 14.1 Å². The summed E-state index contributed by atoms with van der Waals surface area (Å²) in [4.78, 5) is 19.9. The molecule has 0 amide bonds. The van der Waals surface area contributed by atoms with Crippen molar-refractivity contribution in [1.29, 1.82) is 0 Å². The molecule has 0 atom stereocenters. The van der Waals surface area contributed by atoms with Crippen LogP contribution in [0.3, 0.4) is 0 Å². The van der Waals surface area contributed by atoms with E-state index < -0.39 is 10.1 Å². The summed E-state index contributed by atoms with van der Waals surface area (Å²) in [6.07, 6.45) is 0. The predicted octanol–water partition coefficient (Wildman–Crippen LogP) is -0.809. The molecule has 8 heteroatoms. The van der Waals surface area contributed by atoms with Crippen molar-refractivity contribution in [2.24, 2.45) is 0 Å². The fourth-order valence-electron chi connectivity index (χ4n) is 0.399. The van der Waals surface area contributed by atoms with Gasteiger partial charge in [0, 0.05) is 0 Å². The second-order valence-electron chi connectivity index (χ2n) is 1.93. The third kappa shape index (κ3) is 3.18. The molecule has 0 N–H and O–H groups in total. The highest BCUT2D eigenvalue weighted by molar-refractivity contribution is 4.27. The molecule has 0 bridgehead atoms. The van der Waals surface area contributed by atoms with Crippen LogP contribution < -0.4 is 0 Å². The van der Waals surface area contributed by atoms with Crippen molar-refractivity contribution >= 4 is 0 Å². The van der Waals surface area contributed by atoms with E-state index in [2.05, 4.69) is 0 Å². The number of hydrogen-bond donors (Lipinski definition) is 0. The fraction of sp³-hybridized carbons (Fsp3) is 1.00. The van der Waals surface area contributed by atoms with Gasteiger partial charge in [0.2, 0.25) is 6.67 Å². The van der Waals surface area contributed by atoms with Gasteiger partial charge in [-0.3, -0.25) is 0 Å². The number of hydrazine groups is 2. The first kappa shape index (κ1) is 9.40. The van der Waals surface area contributed by atoms with Crippen LogP contribution in [0.15, 0.2) is 0 Å². The molecular weight excluding hydrogens is 156 g/mol. The number of nitro groups is 2. The number of nitrogens with zero attached hydrogens (tertiary/aromatic N) is 4. The monoisotopic (exact) mass is 164 g/mol. The number of rotatable bonds is 4. The van der Waals surface area contributed by atoms with Crippen molar-refractivity contribution in [3.63, 3.8) is 0 Å². The van der Waals surface area contributed by atoms with Gasteiger partial charge < -0.3 is 0 Å². The van der Waals surface area contributed by atoms with Crippen LogP contribution in [0.2, 0.25) is 0 Å². The molecular formula is C3H8N4O4. The van der Waals surface area contributed by atoms with Crippen molar-refractivity contribution in [2.75, 3.05) is 20.8 Å². The smallest absolute Gasteiger partial charge is 0.207 e. The van der Waals surface area contributed by atoms with Crippen LogP contribution in [0, 0.1) is 20.2 Å². The minimum Gasteiger partial charge on any atom is -0.235 e. The second kappa shape index (κ2) is 3.54. The van der Waals surface area contributed by atoms with Crippen LogP contribution in [-0.2, 0) is 0 Å². The SMILES string of the molecule is CN(CN(C)[N+](=O)[O-])[N+](=O)[O-]. The zero-order valence-electron chi connectivity index (χ0n) is 6.13. The van der Waals surface area contributed by atoms with E-state index in [4.69, 9.17) is 0 Å². The normalized spacial score (nSPS) is 8.91. The van der Waals surface area contributed by atoms with Gasteiger partial charge in [-0.05, 0) is 0 Å². The zero-order chi connectivity index (χ0) is 9.02. The molecule has 0 aromatic carbocycles. The minimum atomic E-state index is -0.722. The Kier molecular flexibility index (Phi) is 3.02. The highest BCUT2D eigenvalue weighted by Gasteiger charge is 2.15. The van der Waals surface area contributed by atoms with Gasteiger partial charge in [-0.15, -0.1) is 10.0 Å². The Bertz CT molecular complexity index is 153. The first-order valence-corrected chi connectivity index (χ1v) is 2.66. The Morgan fingerprint density at radius 1 is 1.09 bits per heavy atom. The maximum atomic E-state index is 9.94. The predicted molar refractivity (Wildman–Crippen MR) is 34.4 cm³/mol. The van der Waals surface area contributed by atoms with E-state index in [9.17, 15) is 20.2 Å². The van der Waals surface area contributed by atoms with E-state index in [1.54, 1.807) is 0 Å². The van der Waals surface area contributed by atoms with Crippen LogP contribution in [0.25, 0.3) is 0 Å². The maximum absolute atomic E-state index is 9.94. The Morgan fingerprint density at radius 3 is 1.55 bits per heavy atom. The van der Waals surface area contributed by atoms with Crippen LogP contribution in [0.4, 0.5) is 0 Å². The van der Waals surface area contributed by atoms with Gasteiger partial charge in [0.15, 0.2) is 10.1 Å². The van der Waals surface area contributed by atoms with Gasteiger partial charge in [-0.25, -0.2) is 20.2 Å². The molecule has 0 heterocycles. The Hall–Kier alpha value is -1.60. The van der Waals surface area contributed by atoms with Crippen molar-refractivity contribution in [3.05, 3.63) is 20.2 Å². The molecule has 0 rings (SSSR count). The summed E-state index contributed by atoms with van der Waals surface area (Å²) in [6, 6.07) is 0. The molecule has 0 aromatic rings. The number of hydrogen-bond acceptors (Lipinski definition) is 4. The van der Waals surface area contributed by atoms with Gasteiger partial charge in [0.25, 0.3) is 0 Å². The zero-order valence-corrected chi connectivity index (χ0v) is 6.13. The van der Waals surface area contributed by atoms with Gasteiger partial charge in [-0.1, -0.05) is 0 Å². The largest absolute Gasteiger partial charge is 0.235 e. The summed E-state index contributed by atoms with van der Waals surface area (Å²) in [5, 5.41) is 19.7. The average molecular weight is 164 g/mol. The molecule has 0 aliphatic rings. The Morgan fingerprint density at radius 2 is 1.36 bits per heavy atom. The van der Waals surface area contributed by atoms with Gasteiger partial charge >= 0.3 is 0 Å². The van der Waals surface area contributed by atoms with Crippen LogP contribution in [-0.4, -0.2) is 40.8 Å². The molecule has 64 valence electrons. The van der Waals surface area contributed by atoms with E-state index in [0.29, 0.717) is 10.0 Å². The second-order valence-corrected chi connectivity index (χ2v) is 1.93. The standard InChI is InChI=1S/C3H8N4O4/c1-4(6(8)9)3-5(2)7(10)11/h3H2,1-2H3.